The molecule has 7 heteroatoms. The Balaban J connectivity index is 2.30. The largest absolute Gasteiger partial charge is 0.419 e. The molecule has 0 saturated heterocycles. The lowest BCUT2D eigenvalue weighted by atomic mass is 10.0. The number of hydrogen-bond acceptors (Lipinski definition) is 1. The molecule has 2 nitrogen and oxygen atoms in total. The Hall–Kier alpha value is -1.56. The lowest BCUT2D eigenvalue weighted by Gasteiger charge is -2.14. The molecule has 0 amide bonds. The van der Waals surface area contributed by atoms with Gasteiger partial charge in [0.2, 0.25) is 0 Å². The van der Waals surface area contributed by atoms with Crippen molar-refractivity contribution < 1.29 is 17.6 Å². The number of hydrogen-bond donors (Lipinski definition) is 1. The first kappa shape index (κ1) is 13.9. The lowest BCUT2D eigenvalue weighted by Crippen LogP contribution is -2.11. The quantitative estimate of drug-likeness (QED) is 0.670. The van der Waals surface area contributed by atoms with Crippen LogP contribution in [0, 0.1) is 5.82 Å². The summed E-state index contributed by atoms with van der Waals surface area (Å²) in [4.78, 5) is 6.66. The van der Waals surface area contributed by atoms with Gasteiger partial charge in [-0.15, -0.1) is 11.6 Å². The molecule has 0 bridgehead atoms. The molecule has 1 aromatic carbocycles. The molecule has 1 heterocycles. The van der Waals surface area contributed by atoms with Crippen LogP contribution in [-0.4, -0.2) is 9.97 Å². The van der Waals surface area contributed by atoms with Gasteiger partial charge >= 0.3 is 6.18 Å². The normalized spacial score (nSPS) is 13.5. The lowest BCUT2D eigenvalue weighted by molar-refractivity contribution is -0.140. The van der Waals surface area contributed by atoms with E-state index in [2.05, 4.69) is 9.97 Å². The zero-order valence-corrected chi connectivity index (χ0v) is 10.3. The van der Waals surface area contributed by atoms with Crippen LogP contribution in [-0.2, 0) is 12.6 Å². The number of nitrogens with one attached hydrogen (secondary N) is 1. The summed E-state index contributed by atoms with van der Waals surface area (Å²) in [6, 6.07) is 3.07. The Kier molecular flexibility index (Phi) is 3.80. The van der Waals surface area contributed by atoms with E-state index >= 15 is 0 Å². The highest BCUT2D eigenvalue weighted by atomic mass is 35.5. The number of nitrogens with zero attached hydrogens (tertiary/aromatic N) is 1. The second kappa shape index (κ2) is 5.21. The second-order valence-electron chi connectivity index (χ2n) is 3.91. The molecule has 1 atom stereocenters. The van der Waals surface area contributed by atoms with Gasteiger partial charge in [0.1, 0.15) is 11.6 Å². The van der Waals surface area contributed by atoms with E-state index in [1.165, 1.54) is 12.3 Å². The standard InChI is InChI=1S/C12H9ClF4N2/c13-9(6-10-18-4-5-19-10)7-2-1-3-8(11(7)14)12(15,16)17/h1-5,9H,6H2,(H,18,19). The SMILES string of the molecule is Fc1c(C(Cl)Cc2ncc[nH]2)cccc1C(F)(F)F. The monoisotopic (exact) mass is 292 g/mol. The molecule has 1 aromatic heterocycles. The highest BCUT2D eigenvalue weighted by Gasteiger charge is 2.35. The maximum Gasteiger partial charge on any atom is 0.419 e. The van der Waals surface area contributed by atoms with Crippen molar-refractivity contribution in [3.8, 4) is 0 Å². The first-order valence-electron chi connectivity index (χ1n) is 5.37. The first-order valence-corrected chi connectivity index (χ1v) is 5.81. The Morgan fingerprint density at radius 2 is 2.05 bits per heavy atom. The van der Waals surface area contributed by atoms with Gasteiger partial charge in [-0.2, -0.15) is 13.2 Å². The molecule has 0 saturated carbocycles. The highest BCUT2D eigenvalue weighted by Crippen LogP contribution is 2.35. The van der Waals surface area contributed by atoms with Gasteiger partial charge in [0.25, 0.3) is 0 Å². The summed E-state index contributed by atoms with van der Waals surface area (Å²) in [5, 5.41) is -0.923. The Labute approximate surface area is 111 Å². The molecule has 0 aliphatic heterocycles. The molecule has 1 N–H and O–H groups in total. The van der Waals surface area contributed by atoms with E-state index in [4.69, 9.17) is 11.6 Å². The number of halogens is 5. The fraction of sp³-hybridized carbons (Fsp3) is 0.250. The van der Waals surface area contributed by atoms with Crippen LogP contribution in [0.15, 0.2) is 30.6 Å². The van der Waals surface area contributed by atoms with Gasteiger partial charge in [0, 0.05) is 24.4 Å². The number of H-pyrrole nitrogens is 1. The zero-order chi connectivity index (χ0) is 14.0. The van der Waals surface area contributed by atoms with Crippen LogP contribution in [0.25, 0.3) is 0 Å². The Morgan fingerprint density at radius 1 is 1.32 bits per heavy atom. The minimum atomic E-state index is -4.73. The smallest absolute Gasteiger partial charge is 0.349 e. The summed E-state index contributed by atoms with van der Waals surface area (Å²) in [5.74, 6) is -0.849. The average molecular weight is 293 g/mol. The van der Waals surface area contributed by atoms with Crippen LogP contribution >= 0.6 is 11.6 Å². The van der Waals surface area contributed by atoms with Crippen LogP contribution < -0.4 is 0 Å². The number of benzene rings is 1. The summed E-state index contributed by atoms with van der Waals surface area (Å²) in [5.41, 5.74) is -1.50. The number of aromatic nitrogens is 2. The Morgan fingerprint density at radius 3 is 2.63 bits per heavy atom. The molecule has 2 aromatic rings. The zero-order valence-electron chi connectivity index (χ0n) is 9.51. The number of rotatable bonds is 3. The van der Waals surface area contributed by atoms with Gasteiger partial charge in [-0.3, -0.25) is 0 Å². The van der Waals surface area contributed by atoms with Crippen molar-refractivity contribution in [1.29, 1.82) is 0 Å². The molecule has 2 rings (SSSR count). The van der Waals surface area contributed by atoms with E-state index in [0.717, 1.165) is 6.07 Å². The maximum atomic E-state index is 13.8. The van der Waals surface area contributed by atoms with Crippen molar-refractivity contribution in [1.82, 2.24) is 9.97 Å². The van der Waals surface area contributed by atoms with E-state index in [-0.39, 0.29) is 12.0 Å². The fourth-order valence-corrected chi connectivity index (χ4v) is 2.01. The topological polar surface area (TPSA) is 28.7 Å². The third kappa shape index (κ3) is 3.07. The van der Waals surface area contributed by atoms with E-state index in [0.29, 0.717) is 11.9 Å². The van der Waals surface area contributed by atoms with Crippen LogP contribution in [0.2, 0.25) is 0 Å². The third-order valence-electron chi connectivity index (χ3n) is 2.60. The van der Waals surface area contributed by atoms with Crippen LogP contribution in [0.1, 0.15) is 22.3 Å². The van der Waals surface area contributed by atoms with Gasteiger partial charge in [-0.05, 0) is 6.07 Å². The van der Waals surface area contributed by atoms with Crippen molar-refractivity contribution in [2.75, 3.05) is 0 Å². The first-order chi connectivity index (χ1) is 8.89. The molecular weight excluding hydrogens is 284 g/mol. The summed E-state index contributed by atoms with van der Waals surface area (Å²) < 4.78 is 51.5. The van der Waals surface area contributed by atoms with Crippen molar-refractivity contribution in [3.05, 3.63) is 53.4 Å². The van der Waals surface area contributed by atoms with Gasteiger partial charge in [0.15, 0.2) is 0 Å². The molecule has 0 fully saturated rings. The van der Waals surface area contributed by atoms with Crippen LogP contribution in [0.5, 0.6) is 0 Å². The van der Waals surface area contributed by atoms with Gasteiger partial charge in [-0.1, -0.05) is 12.1 Å². The minimum absolute atomic E-state index is 0.118. The molecule has 0 spiro atoms. The molecule has 0 radical (unpaired) electrons. The molecule has 0 aliphatic carbocycles. The van der Waals surface area contributed by atoms with E-state index in [9.17, 15) is 17.6 Å². The van der Waals surface area contributed by atoms with E-state index in [1.807, 2.05) is 0 Å². The van der Waals surface area contributed by atoms with Crippen molar-refractivity contribution in [2.45, 2.75) is 18.0 Å². The predicted octanol–water partition coefficient (Wildman–Crippen LogP) is 4.09. The molecule has 102 valence electrons. The molecule has 0 aliphatic rings. The minimum Gasteiger partial charge on any atom is -0.349 e. The summed E-state index contributed by atoms with van der Waals surface area (Å²) in [7, 11) is 0. The van der Waals surface area contributed by atoms with Gasteiger partial charge in [0.05, 0.1) is 10.9 Å². The predicted molar refractivity (Wildman–Crippen MR) is 62.3 cm³/mol. The third-order valence-corrected chi connectivity index (χ3v) is 2.99. The van der Waals surface area contributed by atoms with E-state index in [1.54, 1.807) is 6.20 Å². The van der Waals surface area contributed by atoms with Gasteiger partial charge < -0.3 is 4.98 Å². The van der Waals surface area contributed by atoms with Crippen molar-refractivity contribution in [2.24, 2.45) is 0 Å². The number of alkyl halides is 4. The summed E-state index contributed by atoms with van der Waals surface area (Å²) in [6.45, 7) is 0. The van der Waals surface area contributed by atoms with Crippen molar-refractivity contribution in [3.63, 3.8) is 0 Å². The van der Waals surface area contributed by atoms with E-state index < -0.39 is 22.9 Å². The molecular formula is C12H9ClF4N2. The maximum absolute atomic E-state index is 13.8. The van der Waals surface area contributed by atoms with Crippen molar-refractivity contribution >= 4 is 11.6 Å². The summed E-state index contributed by atoms with van der Waals surface area (Å²) >= 11 is 5.96. The molecule has 19 heavy (non-hydrogen) atoms. The van der Waals surface area contributed by atoms with Crippen LogP contribution in [0.3, 0.4) is 0 Å². The number of aromatic amines is 1. The molecule has 1 unspecified atom stereocenters. The fourth-order valence-electron chi connectivity index (χ4n) is 1.70. The summed E-state index contributed by atoms with van der Waals surface area (Å²) in [6.07, 6.45) is -1.57. The average Bonchev–Trinajstić information content (AvgIpc) is 2.80. The van der Waals surface area contributed by atoms with Crippen LogP contribution in [0.4, 0.5) is 17.6 Å². The van der Waals surface area contributed by atoms with Gasteiger partial charge in [-0.25, -0.2) is 9.37 Å². The second-order valence-corrected chi connectivity index (χ2v) is 4.44. The Bertz CT molecular complexity index is 551. The highest BCUT2D eigenvalue weighted by molar-refractivity contribution is 6.20. The number of imidazole rings is 1.